The first-order valence-electron chi connectivity index (χ1n) is 34.3. The predicted octanol–water partition coefficient (Wildman–Crippen LogP) is 11.5. The third-order valence-electron chi connectivity index (χ3n) is 22.5. The highest BCUT2D eigenvalue weighted by molar-refractivity contribution is 6.37. The van der Waals surface area contributed by atoms with Gasteiger partial charge >= 0.3 is 12.0 Å². The highest BCUT2D eigenvalue weighted by Gasteiger charge is 2.55. The van der Waals surface area contributed by atoms with Gasteiger partial charge in [-0.05, 0) is 87.6 Å². The number of amides is 2. The standard InChI is InChI=1S/C74H78Cl2F4N14O4/c1-87-27-22-48(87)15-19-59(95)91-35-43(36-91)33-89(3)69-55-32-82-66(64(80)68(55)83-71(85-69)97-41-73-24-8-26-93(73)39-46(77)29-73)53-13-7-11-51-50(17-18-57(76)62(51)53)58-21-25-74(30-47(78)40-94(58)74)42-98-72-84-67-54(31-81-65(63(67)79)52-12-5-9-45-10-6-14-56(75)61(45)52)70(86-72)90(4)34-44-37-92(38-44)60(96)20-16-49-23-28-88(49)2/h5-7,9-20,31-32,43-44,46-49,58H,8,21-30,33-42H2,1-4H3/b19-15+,20-16+/t46-,47-,48+,49-,58?,73+,74+/m1/s1. The summed E-state index contributed by atoms with van der Waals surface area (Å²) in [6.45, 7) is 6.58. The minimum atomic E-state index is -1.21. The van der Waals surface area contributed by atoms with Crippen molar-refractivity contribution in [2.24, 2.45) is 11.8 Å². The molecule has 0 bridgehead atoms. The Kier molecular flexibility index (Phi) is 17.0. The van der Waals surface area contributed by atoms with Crippen molar-refractivity contribution in [1.29, 1.82) is 0 Å². The van der Waals surface area contributed by atoms with Crippen LogP contribution in [-0.2, 0) is 9.59 Å². The smallest absolute Gasteiger partial charge is 0.319 e. The van der Waals surface area contributed by atoms with Gasteiger partial charge in [0.1, 0.15) is 59.6 Å². The molecule has 4 aromatic carbocycles. The van der Waals surface area contributed by atoms with Crippen LogP contribution in [0.15, 0.2) is 103 Å². The molecule has 0 spiro atoms. The lowest BCUT2D eigenvalue weighted by Gasteiger charge is -2.41. The first kappa shape index (κ1) is 64.8. The number of ether oxygens (including phenoxy) is 2. The number of fused-ring (bicyclic) bond motifs is 6. The molecular formula is C74H78Cl2F4N14O4. The SMILES string of the molecule is CN(CC1CN(C(=O)/C=C/[C@@H]2CCN2C)C1)c1nc(OC[C@@]23CCC(c4ccc(Cl)c5c(-c6ncc7c(N(C)CC8CN(C(=O)/C=C/[C@H]9CCN9C)C8)nc(OC[C@@]89CCCN8C[C@H](F)C9)nc7c6F)cccc45)N2C[C@H](F)C3)nc2c(F)c(-c3cccc4cccc(Cl)c34)ncc12. The van der Waals surface area contributed by atoms with E-state index in [0.29, 0.717) is 119 Å². The van der Waals surface area contributed by atoms with Gasteiger partial charge in [0.15, 0.2) is 11.6 Å². The molecule has 510 valence electrons. The number of likely N-dealkylation sites (tertiary alicyclic amines) is 4. The molecule has 12 heterocycles. The number of hydrogen-bond acceptors (Lipinski definition) is 16. The molecule has 8 aliphatic rings. The lowest BCUT2D eigenvalue weighted by molar-refractivity contribution is -0.132. The van der Waals surface area contributed by atoms with Crippen molar-refractivity contribution in [2.45, 2.75) is 92.9 Å². The highest BCUT2D eigenvalue weighted by Crippen LogP contribution is 2.52. The van der Waals surface area contributed by atoms with E-state index in [9.17, 15) is 9.59 Å². The Bertz CT molecular complexity index is 4560. The predicted molar refractivity (Wildman–Crippen MR) is 372 cm³/mol. The second kappa shape index (κ2) is 25.7. The van der Waals surface area contributed by atoms with Crippen LogP contribution in [0.2, 0.25) is 10.0 Å². The number of rotatable bonds is 19. The first-order valence-corrected chi connectivity index (χ1v) is 35.1. The summed E-state index contributed by atoms with van der Waals surface area (Å²) in [7, 11) is 7.86. The Morgan fingerprint density at radius 1 is 0.612 bits per heavy atom. The molecule has 4 aromatic heterocycles. The maximum Gasteiger partial charge on any atom is 0.319 e. The van der Waals surface area contributed by atoms with Gasteiger partial charge in [-0.1, -0.05) is 90.0 Å². The van der Waals surface area contributed by atoms with Gasteiger partial charge in [-0.2, -0.15) is 19.9 Å². The molecule has 7 atom stereocenters. The fourth-order valence-electron chi connectivity index (χ4n) is 17.0. The van der Waals surface area contributed by atoms with Gasteiger partial charge in [-0.25, -0.2) is 17.6 Å². The Morgan fingerprint density at radius 3 is 1.71 bits per heavy atom. The Morgan fingerprint density at radius 2 is 1.14 bits per heavy atom. The van der Waals surface area contributed by atoms with Crippen LogP contribution in [0.3, 0.4) is 0 Å². The molecule has 8 aliphatic heterocycles. The summed E-state index contributed by atoms with van der Waals surface area (Å²) in [6, 6.07) is 20.5. The second-order valence-electron chi connectivity index (χ2n) is 28.8. The molecule has 98 heavy (non-hydrogen) atoms. The van der Waals surface area contributed by atoms with Gasteiger partial charge in [0.25, 0.3) is 0 Å². The molecule has 16 rings (SSSR count). The molecule has 1 unspecified atom stereocenters. The minimum Gasteiger partial charge on any atom is -0.461 e. The van der Waals surface area contributed by atoms with E-state index in [4.69, 9.17) is 62.6 Å². The molecular weight excluding hydrogens is 1300 g/mol. The van der Waals surface area contributed by atoms with Gasteiger partial charge in [-0.3, -0.25) is 39.2 Å². The van der Waals surface area contributed by atoms with Crippen LogP contribution in [0, 0.1) is 23.5 Å². The summed E-state index contributed by atoms with van der Waals surface area (Å²) in [5.41, 5.74) is 0.503. The molecule has 18 nitrogen and oxygen atoms in total. The summed E-state index contributed by atoms with van der Waals surface area (Å²) in [4.78, 5) is 71.6. The Labute approximate surface area is 576 Å². The largest absolute Gasteiger partial charge is 0.461 e. The van der Waals surface area contributed by atoms with E-state index < -0.39 is 35.1 Å². The summed E-state index contributed by atoms with van der Waals surface area (Å²) in [6.07, 6.45) is 13.7. The summed E-state index contributed by atoms with van der Waals surface area (Å²) in [5, 5.41) is 4.31. The van der Waals surface area contributed by atoms with Crippen LogP contribution in [0.4, 0.5) is 29.2 Å². The highest BCUT2D eigenvalue weighted by atomic mass is 35.5. The fourth-order valence-corrected chi connectivity index (χ4v) is 17.5. The number of hydrogen-bond donors (Lipinski definition) is 0. The first-order chi connectivity index (χ1) is 47.4. The van der Waals surface area contributed by atoms with Crippen molar-refractivity contribution in [3.63, 3.8) is 0 Å². The van der Waals surface area contributed by atoms with E-state index in [2.05, 4.69) is 19.6 Å². The van der Waals surface area contributed by atoms with Crippen LogP contribution >= 0.6 is 23.2 Å². The average molecular weight is 1370 g/mol. The lowest BCUT2D eigenvalue weighted by atomic mass is 9.92. The number of benzene rings is 4. The number of halogens is 6. The summed E-state index contributed by atoms with van der Waals surface area (Å²) < 4.78 is 80.2. The molecule has 2 amide bonds. The molecule has 8 aromatic rings. The van der Waals surface area contributed by atoms with Gasteiger partial charge in [0.05, 0.1) is 21.9 Å². The van der Waals surface area contributed by atoms with Crippen LogP contribution in [0.25, 0.3) is 65.9 Å². The zero-order valence-electron chi connectivity index (χ0n) is 55.4. The molecule has 8 saturated heterocycles. The van der Waals surface area contributed by atoms with Crippen molar-refractivity contribution < 1.29 is 36.6 Å². The quantitative estimate of drug-likeness (QED) is 0.0556. The molecule has 8 fully saturated rings. The number of alkyl halides is 2. The van der Waals surface area contributed by atoms with E-state index in [1.54, 1.807) is 48.8 Å². The number of likely N-dealkylation sites (N-methyl/N-ethyl adjacent to an activating group) is 2. The number of anilines is 2. The molecule has 0 aliphatic carbocycles. The van der Waals surface area contributed by atoms with Crippen LogP contribution in [0.1, 0.15) is 63.0 Å². The van der Waals surface area contributed by atoms with E-state index >= 15 is 17.6 Å². The zero-order chi connectivity index (χ0) is 67.5. The fraction of sp³-hybridized carbons (Fsp3) is 0.459. The third kappa shape index (κ3) is 11.6. The number of aromatic nitrogens is 6. The molecule has 0 saturated carbocycles. The second-order valence-corrected chi connectivity index (χ2v) is 29.6. The zero-order valence-corrected chi connectivity index (χ0v) is 56.9. The number of carbonyl (C=O) groups is 2. The van der Waals surface area contributed by atoms with Crippen molar-refractivity contribution in [1.82, 2.24) is 59.3 Å². The summed E-state index contributed by atoms with van der Waals surface area (Å²) in [5.74, 6) is -0.413. The van der Waals surface area contributed by atoms with E-state index in [1.165, 1.54) is 0 Å². The van der Waals surface area contributed by atoms with Crippen LogP contribution in [0.5, 0.6) is 12.0 Å². The van der Waals surface area contributed by atoms with Gasteiger partial charge in [0.2, 0.25) is 11.8 Å². The lowest BCUT2D eigenvalue weighted by Crippen LogP contribution is -2.53. The van der Waals surface area contributed by atoms with Gasteiger partial charge in [0, 0.05) is 179 Å². The topological polar surface area (TPSA) is 156 Å². The normalized spacial score (nSPS) is 25.4. The number of carbonyl (C=O) groups excluding carboxylic acids is 2. The number of pyridine rings is 2. The van der Waals surface area contributed by atoms with E-state index in [-0.39, 0.29) is 102 Å². The van der Waals surface area contributed by atoms with Gasteiger partial charge < -0.3 is 29.1 Å². The molecule has 24 heteroatoms. The van der Waals surface area contributed by atoms with E-state index in [1.807, 2.05) is 102 Å². The number of nitrogens with zero attached hydrogens (tertiary/aromatic N) is 14. The third-order valence-corrected chi connectivity index (χ3v) is 23.2. The van der Waals surface area contributed by atoms with Gasteiger partial charge in [-0.15, -0.1) is 0 Å². The molecule has 0 radical (unpaired) electrons. The Hall–Kier alpha value is -7.86. The van der Waals surface area contributed by atoms with Crippen molar-refractivity contribution >= 4 is 90.0 Å². The van der Waals surface area contributed by atoms with Crippen molar-refractivity contribution in [2.75, 3.05) is 123 Å². The maximum atomic E-state index is 18.0. The van der Waals surface area contributed by atoms with Crippen molar-refractivity contribution in [3.05, 3.63) is 131 Å². The van der Waals surface area contributed by atoms with Crippen molar-refractivity contribution in [3.8, 4) is 34.5 Å². The monoisotopic (exact) mass is 1370 g/mol. The summed E-state index contributed by atoms with van der Waals surface area (Å²) >= 11 is 14.1. The van der Waals surface area contributed by atoms with E-state index in [0.717, 1.165) is 61.7 Å². The van der Waals surface area contributed by atoms with Crippen LogP contribution < -0.4 is 19.3 Å². The Balaban J connectivity index is 0.690. The maximum absolute atomic E-state index is 18.0. The molecule has 0 N–H and O–H groups in total. The average Bonchev–Trinajstić information content (AvgIpc) is 1.32. The van der Waals surface area contributed by atoms with Crippen LogP contribution in [-0.4, -0.2) is 220 Å². The minimum absolute atomic E-state index is 0.00533.